The van der Waals surface area contributed by atoms with Crippen molar-refractivity contribution in [1.82, 2.24) is 0 Å². The van der Waals surface area contributed by atoms with Crippen LogP contribution in [0.15, 0.2) is 18.2 Å². The highest BCUT2D eigenvalue weighted by Crippen LogP contribution is 2.61. The molecule has 0 spiro atoms. The zero-order valence-electron chi connectivity index (χ0n) is 13.5. The van der Waals surface area contributed by atoms with Gasteiger partial charge in [-0.15, -0.1) is 0 Å². The first kappa shape index (κ1) is 13.7. The zero-order valence-corrected chi connectivity index (χ0v) is 13.5. The molecule has 0 amide bonds. The summed E-state index contributed by atoms with van der Waals surface area (Å²) in [5, 5.41) is 0. The summed E-state index contributed by atoms with van der Waals surface area (Å²) in [5.41, 5.74) is 3.75. The standard InChI is InChI=1S/C20H28O/c1-3-4-17-5-6-18(21-2)10-19(17)20-11-14-7-15(12-20)9-16(8-14)13-20/h5-6,10,14-16H,3-4,7-9,11-13H2,1-2H3. The number of aryl methyl sites for hydroxylation is 1. The lowest BCUT2D eigenvalue weighted by Gasteiger charge is -2.57. The third kappa shape index (κ3) is 2.20. The highest BCUT2D eigenvalue weighted by molar-refractivity contribution is 5.42. The van der Waals surface area contributed by atoms with E-state index in [0.717, 1.165) is 23.5 Å². The Morgan fingerprint density at radius 2 is 1.67 bits per heavy atom. The maximum absolute atomic E-state index is 5.55. The van der Waals surface area contributed by atoms with Crippen LogP contribution in [0.4, 0.5) is 0 Å². The molecule has 0 aromatic heterocycles. The molecule has 0 atom stereocenters. The van der Waals surface area contributed by atoms with Crippen molar-refractivity contribution in [3.63, 3.8) is 0 Å². The SMILES string of the molecule is CCCc1ccc(OC)cc1C12CC3CC(CC(C3)C1)C2. The Kier molecular flexibility index (Phi) is 3.28. The summed E-state index contributed by atoms with van der Waals surface area (Å²) in [6.07, 6.45) is 11.4. The van der Waals surface area contributed by atoms with Crippen LogP contribution in [0.1, 0.15) is 63.0 Å². The van der Waals surface area contributed by atoms with Crippen molar-refractivity contribution >= 4 is 0 Å². The summed E-state index contributed by atoms with van der Waals surface area (Å²) < 4.78 is 5.55. The number of hydrogen-bond acceptors (Lipinski definition) is 1. The molecule has 4 bridgehead atoms. The predicted molar refractivity (Wildman–Crippen MR) is 86.8 cm³/mol. The van der Waals surface area contributed by atoms with Gasteiger partial charge in [-0.1, -0.05) is 19.4 Å². The minimum atomic E-state index is 0.494. The zero-order chi connectivity index (χ0) is 14.4. The minimum Gasteiger partial charge on any atom is -0.497 e. The molecule has 0 N–H and O–H groups in total. The van der Waals surface area contributed by atoms with Crippen LogP contribution in [0.5, 0.6) is 5.75 Å². The van der Waals surface area contributed by atoms with Crippen molar-refractivity contribution in [3.8, 4) is 5.75 Å². The second-order valence-electron chi connectivity index (χ2n) is 7.97. The Balaban J connectivity index is 1.77. The van der Waals surface area contributed by atoms with Crippen LogP contribution in [0.2, 0.25) is 0 Å². The van der Waals surface area contributed by atoms with E-state index in [9.17, 15) is 0 Å². The smallest absolute Gasteiger partial charge is 0.119 e. The fourth-order valence-corrected chi connectivity index (χ4v) is 6.10. The van der Waals surface area contributed by atoms with E-state index >= 15 is 0 Å². The molecule has 0 saturated heterocycles. The Bertz CT molecular complexity index is 495. The van der Waals surface area contributed by atoms with E-state index < -0.39 is 0 Å². The van der Waals surface area contributed by atoms with E-state index in [-0.39, 0.29) is 0 Å². The Labute approximate surface area is 129 Å². The minimum absolute atomic E-state index is 0.494. The van der Waals surface area contributed by atoms with Gasteiger partial charge in [0.2, 0.25) is 0 Å². The first-order valence-electron chi connectivity index (χ1n) is 8.90. The molecule has 4 saturated carbocycles. The van der Waals surface area contributed by atoms with E-state index in [4.69, 9.17) is 4.74 Å². The van der Waals surface area contributed by atoms with Gasteiger partial charge in [0, 0.05) is 0 Å². The molecular formula is C20H28O. The predicted octanol–water partition coefficient (Wildman–Crippen LogP) is 5.12. The molecule has 1 aromatic carbocycles. The summed E-state index contributed by atoms with van der Waals surface area (Å²) in [6.45, 7) is 2.30. The first-order chi connectivity index (χ1) is 10.2. The molecule has 1 aromatic rings. The number of benzene rings is 1. The lowest BCUT2D eigenvalue weighted by molar-refractivity contribution is -0.00566. The normalized spacial score (nSPS) is 37.0. The fraction of sp³-hybridized carbons (Fsp3) is 0.700. The highest BCUT2D eigenvalue weighted by Gasteiger charge is 2.52. The van der Waals surface area contributed by atoms with Crippen molar-refractivity contribution < 1.29 is 4.74 Å². The molecular weight excluding hydrogens is 256 g/mol. The van der Waals surface area contributed by atoms with Crippen molar-refractivity contribution in [2.45, 2.75) is 63.7 Å². The van der Waals surface area contributed by atoms with Crippen molar-refractivity contribution in [2.75, 3.05) is 7.11 Å². The Hall–Kier alpha value is -0.980. The van der Waals surface area contributed by atoms with Gasteiger partial charge in [-0.25, -0.2) is 0 Å². The molecule has 4 fully saturated rings. The maximum Gasteiger partial charge on any atom is 0.119 e. The van der Waals surface area contributed by atoms with Crippen LogP contribution in [-0.4, -0.2) is 7.11 Å². The van der Waals surface area contributed by atoms with E-state index in [2.05, 4.69) is 25.1 Å². The number of methoxy groups -OCH3 is 1. The van der Waals surface area contributed by atoms with Gasteiger partial charge < -0.3 is 4.74 Å². The molecule has 0 radical (unpaired) electrons. The van der Waals surface area contributed by atoms with Gasteiger partial charge in [-0.3, -0.25) is 0 Å². The highest BCUT2D eigenvalue weighted by atomic mass is 16.5. The Morgan fingerprint density at radius 1 is 1.05 bits per heavy atom. The van der Waals surface area contributed by atoms with Crippen LogP contribution < -0.4 is 4.74 Å². The average Bonchev–Trinajstić information content (AvgIpc) is 2.46. The summed E-state index contributed by atoms with van der Waals surface area (Å²) in [7, 11) is 1.80. The third-order valence-corrected chi connectivity index (χ3v) is 6.45. The number of hydrogen-bond donors (Lipinski definition) is 0. The van der Waals surface area contributed by atoms with Crippen molar-refractivity contribution in [1.29, 1.82) is 0 Å². The molecule has 21 heavy (non-hydrogen) atoms. The van der Waals surface area contributed by atoms with E-state index in [1.807, 2.05) is 0 Å². The van der Waals surface area contributed by atoms with E-state index in [0.29, 0.717) is 5.41 Å². The second-order valence-corrected chi connectivity index (χ2v) is 7.97. The van der Waals surface area contributed by atoms with Gasteiger partial charge >= 0.3 is 0 Å². The molecule has 114 valence electrons. The van der Waals surface area contributed by atoms with Crippen LogP contribution in [0.25, 0.3) is 0 Å². The van der Waals surface area contributed by atoms with Crippen molar-refractivity contribution in [3.05, 3.63) is 29.3 Å². The van der Waals surface area contributed by atoms with Crippen LogP contribution >= 0.6 is 0 Å². The Morgan fingerprint density at radius 3 is 2.19 bits per heavy atom. The maximum atomic E-state index is 5.55. The quantitative estimate of drug-likeness (QED) is 0.746. The summed E-state index contributed by atoms with van der Waals surface area (Å²) >= 11 is 0. The third-order valence-electron chi connectivity index (χ3n) is 6.45. The monoisotopic (exact) mass is 284 g/mol. The van der Waals surface area contributed by atoms with Crippen LogP contribution in [0, 0.1) is 17.8 Å². The summed E-state index contributed by atoms with van der Waals surface area (Å²) in [6, 6.07) is 6.89. The van der Waals surface area contributed by atoms with E-state index in [1.165, 1.54) is 51.4 Å². The van der Waals surface area contributed by atoms with Gasteiger partial charge in [0.25, 0.3) is 0 Å². The molecule has 4 aliphatic carbocycles. The number of rotatable bonds is 4. The summed E-state index contributed by atoms with van der Waals surface area (Å²) in [5.74, 6) is 4.09. The molecule has 1 heteroatoms. The molecule has 5 rings (SSSR count). The van der Waals surface area contributed by atoms with Gasteiger partial charge in [-0.05, 0) is 91.4 Å². The number of ether oxygens (including phenoxy) is 1. The summed E-state index contributed by atoms with van der Waals surface area (Å²) in [4.78, 5) is 0. The van der Waals surface area contributed by atoms with E-state index in [1.54, 1.807) is 18.2 Å². The fourth-order valence-electron chi connectivity index (χ4n) is 6.10. The average molecular weight is 284 g/mol. The molecule has 0 unspecified atom stereocenters. The largest absolute Gasteiger partial charge is 0.497 e. The first-order valence-corrected chi connectivity index (χ1v) is 8.90. The van der Waals surface area contributed by atoms with Gasteiger partial charge in [-0.2, -0.15) is 0 Å². The van der Waals surface area contributed by atoms with Crippen LogP contribution in [0.3, 0.4) is 0 Å². The molecule has 1 nitrogen and oxygen atoms in total. The lowest BCUT2D eigenvalue weighted by Crippen LogP contribution is -2.48. The molecule has 0 heterocycles. The second kappa shape index (κ2) is 5.04. The van der Waals surface area contributed by atoms with Crippen molar-refractivity contribution in [2.24, 2.45) is 17.8 Å². The molecule has 4 aliphatic rings. The molecule has 0 aliphatic heterocycles. The van der Waals surface area contributed by atoms with Gasteiger partial charge in [0.05, 0.1) is 7.11 Å². The lowest BCUT2D eigenvalue weighted by atomic mass is 9.47. The van der Waals surface area contributed by atoms with Gasteiger partial charge in [0.1, 0.15) is 5.75 Å². The van der Waals surface area contributed by atoms with Crippen LogP contribution in [-0.2, 0) is 11.8 Å². The van der Waals surface area contributed by atoms with Gasteiger partial charge in [0.15, 0.2) is 0 Å². The topological polar surface area (TPSA) is 9.23 Å².